The van der Waals surface area contributed by atoms with Gasteiger partial charge in [-0.1, -0.05) is 6.92 Å². The van der Waals surface area contributed by atoms with Gasteiger partial charge in [0, 0.05) is 19.6 Å². The van der Waals surface area contributed by atoms with Crippen molar-refractivity contribution >= 4 is 5.96 Å². The molecule has 0 aliphatic carbocycles. The number of guanidine groups is 1. The van der Waals surface area contributed by atoms with Crippen LogP contribution in [-0.4, -0.2) is 30.5 Å². The molecule has 0 amide bonds. The van der Waals surface area contributed by atoms with Crippen LogP contribution in [0.15, 0.2) is 4.99 Å². The van der Waals surface area contributed by atoms with E-state index in [1.54, 1.807) is 0 Å². The predicted molar refractivity (Wildman–Crippen MR) is 59.9 cm³/mol. The van der Waals surface area contributed by atoms with Crippen LogP contribution in [0.1, 0.15) is 33.1 Å². The van der Waals surface area contributed by atoms with Crippen LogP contribution in [0.2, 0.25) is 0 Å². The van der Waals surface area contributed by atoms with Crippen molar-refractivity contribution in [3.05, 3.63) is 0 Å². The monoisotopic (exact) mass is 198 g/mol. The first-order chi connectivity index (χ1) is 6.77. The molecule has 4 nitrogen and oxygen atoms in total. The smallest absolute Gasteiger partial charge is 0.208 e. The van der Waals surface area contributed by atoms with Crippen molar-refractivity contribution in [1.29, 1.82) is 0 Å². The summed E-state index contributed by atoms with van der Waals surface area (Å²) in [4.78, 5) is 6.60. The minimum atomic E-state index is 0.783. The quantitative estimate of drug-likeness (QED) is 0.285. The standard InChI is InChI=1S/C10H22N4/c1-3-12-10(13-11)14-7-4-5-9(2)6-8-14/h9H,3-8,11H2,1-2H3,(H,12,13). The first kappa shape index (κ1) is 11.3. The van der Waals surface area contributed by atoms with Gasteiger partial charge in [-0.15, -0.1) is 0 Å². The van der Waals surface area contributed by atoms with Gasteiger partial charge in [0.1, 0.15) is 0 Å². The third kappa shape index (κ3) is 3.18. The second-order valence-electron chi connectivity index (χ2n) is 3.97. The van der Waals surface area contributed by atoms with Crippen LogP contribution in [0.25, 0.3) is 0 Å². The average Bonchev–Trinajstić information content (AvgIpc) is 2.40. The van der Waals surface area contributed by atoms with Crippen molar-refractivity contribution in [3.8, 4) is 0 Å². The lowest BCUT2D eigenvalue weighted by atomic mass is 10.0. The van der Waals surface area contributed by atoms with Crippen molar-refractivity contribution in [1.82, 2.24) is 10.3 Å². The van der Waals surface area contributed by atoms with E-state index in [-0.39, 0.29) is 0 Å². The van der Waals surface area contributed by atoms with E-state index < -0.39 is 0 Å². The van der Waals surface area contributed by atoms with Crippen LogP contribution in [0.3, 0.4) is 0 Å². The summed E-state index contributed by atoms with van der Waals surface area (Å²) in [5, 5.41) is 0. The van der Waals surface area contributed by atoms with Crippen LogP contribution in [-0.2, 0) is 0 Å². The molecule has 0 aromatic heterocycles. The number of hydrogen-bond acceptors (Lipinski definition) is 2. The Labute approximate surface area is 86.5 Å². The van der Waals surface area contributed by atoms with Gasteiger partial charge in [0.15, 0.2) is 0 Å². The lowest BCUT2D eigenvalue weighted by Gasteiger charge is -2.23. The van der Waals surface area contributed by atoms with E-state index in [0.29, 0.717) is 0 Å². The van der Waals surface area contributed by atoms with Crippen molar-refractivity contribution in [3.63, 3.8) is 0 Å². The normalized spacial score (nSPS) is 24.6. The summed E-state index contributed by atoms with van der Waals surface area (Å²) in [5.74, 6) is 7.14. The number of aliphatic imine (C=N–C) groups is 1. The second-order valence-corrected chi connectivity index (χ2v) is 3.97. The second kappa shape index (κ2) is 5.86. The fourth-order valence-corrected chi connectivity index (χ4v) is 1.86. The molecule has 14 heavy (non-hydrogen) atoms. The Morgan fingerprint density at radius 2 is 2.29 bits per heavy atom. The number of nitrogens with zero attached hydrogens (tertiary/aromatic N) is 2. The van der Waals surface area contributed by atoms with Gasteiger partial charge in [-0.25, -0.2) is 5.84 Å². The van der Waals surface area contributed by atoms with Crippen LogP contribution in [0.5, 0.6) is 0 Å². The average molecular weight is 198 g/mol. The summed E-state index contributed by atoms with van der Waals surface area (Å²) in [6, 6.07) is 0. The molecule has 1 aliphatic rings. The van der Waals surface area contributed by atoms with Gasteiger partial charge in [-0.05, 0) is 32.1 Å². The molecule has 0 aromatic rings. The van der Waals surface area contributed by atoms with E-state index in [2.05, 4.69) is 22.2 Å². The first-order valence-electron chi connectivity index (χ1n) is 5.54. The predicted octanol–water partition coefficient (Wildman–Crippen LogP) is 0.948. The van der Waals surface area contributed by atoms with Crippen molar-refractivity contribution in [2.45, 2.75) is 33.1 Å². The first-order valence-corrected chi connectivity index (χ1v) is 5.54. The third-order valence-corrected chi connectivity index (χ3v) is 2.75. The van der Waals surface area contributed by atoms with Gasteiger partial charge in [-0.3, -0.25) is 10.4 Å². The molecule has 0 spiro atoms. The zero-order chi connectivity index (χ0) is 10.4. The molecule has 1 unspecified atom stereocenters. The van der Waals surface area contributed by atoms with Crippen molar-refractivity contribution < 1.29 is 0 Å². The lowest BCUT2D eigenvalue weighted by molar-refractivity contribution is 0.409. The molecule has 1 heterocycles. The van der Waals surface area contributed by atoms with Crippen LogP contribution in [0.4, 0.5) is 0 Å². The third-order valence-electron chi connectivity index (χ3n) is 2.75. The Balaban J connectivity index is 2.53. The van der Waals surface area contributed by atoms with E-state index in [9.17, 15) is 0 Å². The van der Waals surface area contributed by atoms with E-state index in [0.717, 1.165) is 31.5 Å². The number of hydrogen-bond donors (Lipinski definition) is 2. The van der Waals surface area contributed by atoms with Crippen molar-refractivity contribution in [2.24, 2.45) is 16.8 Å². The van der Waals surface area contributed by atoms with Gasteiger partial charge >= 0.3 is 0 Å². The largest absolute Gasteiger partial charge is 0.342 e. The van der Waals surface area contributed by atoms with E-state index >= 15 is 0 Å². The molecule has 1 fully saturated rings. The fraction of sp³-hybridized carbons (Fsp3) is 0.900. The van der Waals surface area contributed by atoms with Crippen molar-refractivity contribution in [2.75, 3.05) is 19.6 Å². The molecule has 1 saturated heterocycles. The van der Waals surface area contributed by atoms with Gasteiger partial charge in [0.05, 0.1) is 0 Å². The molecular formula is C10H22N4. The molecule has 4 heteroatoms. The number of rotatable bonds is 1. The van der Waals surface area contributed by atoms with Gasteiger partial charge in [0.2, 0.25) is 5.96 Å². The summed E-state index contributed by atoms with van der Waals surface area (Å²) in [7, 11) is 0. The topological polar surface area (TPSA) is 53.6 Å². The lowest BCUT2D eigenvalue weighted by Crippen LogP contribution is -2.45. The molecule has 1 atom stereocenters. The SMILES string of the molecule is CCN=C(NN)N1CCCC(C)CC1. The van der Waals surface area contributed by atoms with E-state index in [4.69, 9.17) is 5.84 Å². The molecule has 0 bridgehead atoms. The minimum absolute atomic E-state index is 0.783. The Hall–Kier alpha value is -0.770. The summed E-state index contributed by atoms with van der Waals surface area (Å²) < 4.78 is 0. The molecule has 0 saturated carbocycles. The highest BCUT2D eigenvalue weighted by molar-refractivity contribution is 5.79. The Morgan fingerprint density at radius 1 is 1.50 bits per heavy atom. The molecule has 0 aromatic carbocycles. The minimum Gasteiger partial charge on any atom is -0.342 e. The van der Waals surface area contributed by atoms with Gasteiger partial charge in [0.25, 0.3) is 0 Å². The Morgan fingerprint density at radius 3 is 2.93 bits per heavy atom. The highest BCUT2D eigenvalue weighted by Crippen LogP contribution is 2.16. The highest BCUT2D eigenvalue weighted by Gasteiger charge is 2.15. The summed E-state index contributed by atoms with van der Waals surface area (Å²) >= 11 is 0. The zero-order valence-electron chi connectivity index (χ0n) is 9.29. The fourth-order valence-electron chi connectivity index (χ4n) is 1.86. The summed E-state index contributed by atoms with van der Waals surface area (Å²) in [5.41, 5.74) is 2.69. The summed E-state index contributed by atoms with van der Waals surface area (Å²) in [6.45, 7) is 7.27. The molecule has 82 valence electrons. The molecular weight excluding hydrogens is 176 g/mol. The highest BCUT2D eigenvalue weighted by atomic mass is 15.4. The van der Waals surface area contributed by atoms with Crippen LogP contribution in [0, 0.1) is 5.92 Å². The van der Waals surface area contributed by atoms with E-state index in [1.165, 1.54) is 19.3 Å². The number of hydrazine groups is 1. The Bertz CT molecular complexity index is 191. The van der Waals surface area contributed by atoms with Gasteiger partial charge in [-0.2, -0.15) is 0 Å². The van der Waals surface area contributed by atoms with Crippen LogP contribution >= 0.6 is 0 Å². The molecule has 3 N–H and O–H groups in total. The summed E-state index contributed by atoms with van der Waals surface area (Å²) in [6.07, 6.45) is 3.80. The van der Waals surface area contributed by atoms with E-state index in [1.807, 2.05) is 6.92 Å². The number of nitrogens with one attached hydrogen (secondary N) is 1. The van der Waals surface area contributed by atoms with Crippen LogP contribution < -0.4 is 11.3 Å². The van der Waals surface area contributed by atoms with Gasteiger partial charge < -0.3 is 4.90 Å². The maximum Gasteiger partial charge on any atom is 0.208 e. The zero-order valence-corrected chi connectivity index (χ0v) is 9.29. The Kier molecular flexibility index (Phi) is 4.73. The molecule has 0 radical (unpaired) electrons. The molecule has 1 rings (SSSR count). The number of nitrogens with two attached hydrogens (primary N) is 1. The maximum atomic E-state index is 5.45. The molecule has 1 aliphatic heterocycles. The maximum absolute atomic E-state index is 5.45. The number of likely N-dealkylation sites (tertiary alicyclic amines) is 1.